The van der Waals surface area contributed by atoms with Crippen LogP contribution in [0.4, 0.5) is 5.69 Å². The SMILES string of the molecule is CCOC(=O)C1CCN(C(=O)Cc2ccc(NS(=O)(=O)c3cccc(Cc4cccc(Cl)c4)c3OC)cc2)CC1. The van der Waals surface area contributed by atoms with E-state index in [0.717, 1.165) is 11.1 Å². The number of hydrogen-bond donors (Lipinski definition) is 1. The van der Waals surface area contributed by atoms with Crippen LogP contribution in [-0.2, 0) is 37.2 Å². The van der Waals surface area contributed by atoms with Crippen molar-refractivity contribution in [3.63, 3.8) is 0 Å². The predicted molar refractivity (Wildman–Crippen MR) is 154 cm³/mol. The van der Waals surface area contributed by atoms with Gasteiger partial charge in [0.25, 0.3) is 10.0 Å². The lowest BCUT2D eigenvalue weighted by Gasteiger charge is -2.31. The number of carbonyl (C=O) groups excluding carboxylic acids is 2. The molecule has 3 aromatic carbocycles. The lowest BCUT2D eigenvalue weighted by Crippen LogP contribution is -2.41. The van der Waals surface area contributed by atoms with E-state index in [2.05, 4.69) is 4.72 Å². The van der Waals surface area contributed by atoms with Gasteiger partial charge in [-0.3, -0.25) is 14.3 Å². The number of ether oxygens (including phenoxy) is 2. The largest absolute Gasteiger partial charge is 0.495 e. The van der Waals surface area contributed by atoms with Crippen LogP contribution in [0.2, 0.25) is 5.02 Å². The summed E-state index contributed by atoms with van der Waals surface area (Å²) in [4.78, 5) is 26.5. The first-order valence-corrected chi connectivity index (χ1v) is 15.0. The second-order valence-corrected chi connectivity index (χ2v) is 11.7. The highest BCUT2D eigenvalue weighted by atomic mass is 35.5. The number of hydrogen-bond acceptors (Lipinski definition) is 6. The first-order chi connectivity index (χ1) is 19.2. The van der Waals surface area contributed by atoms with Crippen molar-refractivity contribution < 1.29 is 27.5 Å². The standard InChI is InChI=1S/C30H33ClN2O6S/c1-3-39-30(35)23-14-16-33(17-15-23)28(34)20-21-10-12-26(13-11-21)32-40(36,37)27-9-5-7-24(29(27)38-2)18-22-6-4-8-25(31)19-22/h4-13,19,23,32H,3,14-18,20H2,1-2H3. The normalized spacial score (nSPS) is 14.0. The van der Waals surface area contributed by atoms with Crippen molar-refractivity contribution in [2.45, 2.75) is 37.5 Å². The molecule has 1 aliphatic rings. The minimum absolute atomic E-state index is 0.0278. The summed E-state index contributed by atoms with van der Waals surface area (Å²) in [7, 11) is -2.52. The third kappa shape index (κ3) is 7.34. The number of esters is 1. The molecule has 1 saturated heterocycles. The van der Waals surface area contributed by atoms with E-state index in [1.807, 2.05) is 24.3 Å². The molecule has 0 bridgehead atoms. The Balaban J connectivity index is 1.40. The number of rotatable bonds is 10. The van der Waals surface area contributed by atoms with Crippen molar-refractivity contribution in [3.8, 4) is 5.75 Å². The maximum absolute atomic E-state index is 13.3. The second kappa shape index (κ2) is 13.2. The molecule has 3 aromatic rings. The van der Waals surface area contributed by atoms with Crippen LogP contribution < -0.4 is 9.46 Å². The number of sulfonamides is 1. The van der Waals surface area contributed by atoms with E-state index in [-0.39, 0.29) is 34.9 Å². The van der Waals surface area contributed by atoms with Crippen LogP contribution in [0.1, 0.15) is 36.5 Å². The first kappa shape index (κ1) is 29.4. The van der Waals surface area contributed by atoms with E-state index in [9.17, 15) is 18.0 Å². The molecule has 0 spiro atoms. The number of piperidine rings is 1. The second-order valence-electron chi connectivity index (χ2n) is 9.64. The molecule has 1 heterocycles. The fraction of sp³-hybridized carbons (Fsp3) is 0.333. The molecule has 40 heavy (non-hydrogen) atoms. The van der Waals surface area contributed by atoms with E-state index in [0.29, 0.717) is 55.2 Å². The quantitative estimate of drug-likeness (QED) is 0.333. The highest BCUT2D eigenvalue weighted by molar-refractivity contribution is 7.92. The monoisotopic (exact) mass is 584 g/mol. The number of methoxy groups -OCH3 is 1. The molecule has 1 amide bonds. The molecular weight excluding hydrogens is 552 g/mol. The maximum Gasteiger partial charge on any atom is 0.309 e. The van der Waals surface area contributed by atoms with Crippen LogP contribution in [0, 0.1) is 5.92 Å². The molecule has 1 aliphatic heterocycles. The molecule has 8 nitrogen and oxygen atoms in total. The number of likely N-dealkylation sites (tertiary alicyclic amines) is 1. The van der Waals surface area contributed by atoms with Crippen molar-refractivity contribution in [3.05, 3.63) is 88.4 Å². The maximum atomic E-state index is 13.3. The summed E-state index contributed by atoms with van der Waals surface area (Å²) in [6.45, 7) is 3.16. The molecule has 1 fully saturated rings. The summed E-state index contributed by atoms with van der Waals surface area (Å²) in [5.41, 5.74) is 2.78. The van der Waals surface area contributed by atoms with Crippen LogP contribution in [0.3, 0.4) is 0 Å². The third-order valence-corrected chi connectivity index (χ3v) is 8.51. The Morgan fingerprint density at radius 1 is 1.00 bits per heavy atom. The number of para-hydroxylation sites is 1. The number of carbonyl (C=O) groups is 2. The number of anilines is 1. The highest BCUT2D eigenvalue weighted by Gasteiger charge is 2.28. The Labute approximate surface area is 240 Å². The highest BCUT2D eigenvalue weighted by Crippen LogP contribution is 2.31. The Bertz CT molecular complexity index is 1450. The van der Waals surface area contributed by atoms with Crippen LogP contribution in [0.5, 0.6) is 5.75 Å². The van der Waals surface area contributed by atoms with Gasteiger partial charge in [-0.2, -0.15) is 0 Å². The van der Waals surface area contributed by atoms with Gasteiger partial charge < -0.3 is 14.4 Å². The average Bonchev–Trinajstić information content (AvgIpc) is 2.94. The van der Waals surface area contributed by atoms with Gasteiger partial charge in [0.15, 0.2) is 0 Å². The third-order valence-electron chi connectivity index (χ3n) is 6.87. The summed E-state index contributed by atoms with van der Waals surface area (Å²) in [6.07, 6.45) is 1.83. The van der Waals surface area contributed by atoms with Crippen LogP contribution in [-0.4, -0.2) is 52.0 Å². The molecule has 0 unspecified atom stereocenters. The number of benzene rings is 3. The molecule has 10 heteroatoms. The van der Waals surface area contributed by atoms with Crippen LogP contribution in [0.25, 0.3) is 0 Å². The van der Waals surface area contributed by atoms with Gasteiger partial charge in [0, 0.05) is 30.2 Å². The summed E-state index contributed by atoms with van der Waals surface area (Å²) in [5.74, 6) is -0.119. The van der Waals surface area contributed by atoms with E-state index in [1.54, 1.807) is 48.2 Å². The summed E-state index contributed by atoms with van der Waals surface area (Å²) in [6, 6.07) is 19.1. The van der Waals surface area contributed by atoms with E-state index >= 15 is 0 Å². The predicted octanol–water partition coefficient (Wildman–Crippen LogP) is 5.08. The Morgan fingerprint density at radius 3 is 2.35 bits per heavy atom. The van der Waals surface area contributed by atoms with Crippen molar-refractivity contribution in [1.29, 1.82) is 0 Å². The van der Waals surface area contributed by atoms with Gasteiger partial charge in [-0.25, -0.2) is 8.42 Å². The van der Waals surface area contributed by atoms with Crippen molar-refractivity contribution in [2.24, 2.45) is 5.92 Å². The van der Waals surface area contributed by atoms with Crippen molar-refractivity contribution in [1.82, 2.24) is 4.90 Å². The minimum Gasteiger partial charge on any atom is -0.495 e. The zero-order valence-corrected chi connectivity index (χ0v) is 24.1. The zero-order valence-electron chi connectivity index (χ0n) is 22.6. The molecule has 0 aromatic heterocycles. The van der Waals surface area contributed by atoms with Gasteiger partial charge in [-0.05, 0) is 66.8 Å². The number of nitrogens with one attached hydrogen (secondary N) is 1. The van der Waals surface area contributed by atoms with Crippen LogP contribution >= 0.6 is 11.6 Å². The Hall–Kier alpha value is -3.56. The molecular formula is C30H33ClN2O6S. The topological polar surface area (TPSA) is 102 Å². The molecule has 0 saturated carbocycles. The number of halogens is 1. The van der Waals surface area contributed by atoms with Gasteiger partial charge in [0.05, 0.1) is 26.1 Å². The first-order valence-electron chi connectivity index (χ1n) is 13.2. The number of nitrogens with zero attached hydrogens (tertiary/aromatic N) is 1. The fourth-order valence-electron chi connectivity index (χ4n) is 4.82. The van der Waals surface area contributed by atoms with E-state index in [4.69, 9.17) is 21.1 Å². The van der Waals surface area contributed by atoms with Crippen molar-refractivity contribution >= 4 is 39.2 Å². The number of amides is 1. The molecule has 4 rings (SSSR count). The molecule has 1 N–H and O–H groups in total. The van der Waals surface area contributed by atoms with E-state index in [1.165, 1.54) is 13.2 Å². The van der Waals surface area contributed by atoms with Gasteiger partial charge >= 0.3 is 5.97 Å². The minimum atomic E-state index is -3.96. The molecule has 0 radical (unpaired) electrons. The average molecular weight is 585 g/mol. The fourth-order valence-corrected chi connectivity index (χ4v) is 6.31. The smallest absolute Gasteiger partial charge is 0.309 e. The van der Waals surface area contributed by atoms with Gasteiger partial charge in [-0.1, -0.05) is 48.0 Å². The molecule has 0 aliphatic carbocycles. The lowest BCUT2D eigenvalue weighted by atomic mass is 9.96. The van der Waals surface area contributed by atoms with Crippen molar-refractivity contribution in [2.75, 3.05) is 31.5 Å². The van der Waals surface area contributed by atoms with Crippen LogP contribution in [0.15, 0.2) is 71.6 Å². The lowest BCUT2D eigenvalue weighted by molar-refractivity contribution is -0.151. The summed E-state index contributed by atoms with van der Waals surface area (Å²) < 4.78 is 39.9. The van der Waals surface area contributed by atoms with E-state index < -0.39 is 10.0 Å². The summed E-state index contributed by atoms with van der Waals surface area (Å²) in [5, 5.41) is 0.602. The zero-order chi connectivity index (χ0) is 28.7. The Morgan fingerprint density at radius 2 is 1.70 bits per heavy atom. The molecule has 0 atom stereocenters. The van der Waals surface area contributed by atoms with Gasteiger partial charge in [-0.15, -0.1) is 0 Å². The Kier molecular flexibility index (Phi) is 9.71. The molecule has 212 valence electrons. The summed E-state index contributed by atoms with van der Waals surface area (Å²) >= 11 is 6.11. The van der Waals surface area contributed by atoms with Gasteiger partial charge in [0.1, 0.15) is 10.6 Å². The van der Waals surface area contributed by atoms with Gasteiger partial charge in [0.2, 0.25) is 5.91 Å².